The van der Waals surface area contributed by atoms with Crippen LogP contribution in [0, 0.1) is 6.92 Å². The van der Waals surface area contributed by atoms with Crippen molar-refractivity contribution in [2.24, 2.45) is 0 Å². The Morgan fingerprint density at radius 3 is 2.59 bits per heavy atom. The average molecular weight is 368 g/mol. The van der Waals surface area contributed by atoms with Crippen molar-refractivity contribution in [3.8, 4) is 0 Å². The van der Waals surface area contributed by atoms with Crippen molar-refractivity contribution in [3.05, 3.63) is 99.1 Å². The SMILES string of the molecule is C=C/C=C\c1c(C)sc2c1=CC1C(C=2)c2ccccc2N1c1ccccc1. The van der Waals surface area contributed by atoms with Gasteiger partial charge in [0.05, 0.1) is 6.04 Å². The summed E-state index contributed by atoms with van der Waals surface area (Å²) in [6.45, 7) is 6.04. The predicted molar refractivity (Wildman–Crippen MR) is 118 cm³/mol. The van der Waals surface area contributed by atoms with E-state index < -0.39 is 0 Å². The lowest BCUT2D eigenvalue weighted by atomic mass is 9.90. The first kappa shape index (κ1) is 16.3. The van der Waals surface area contributed by atoms with Crippen LogP contribution in [0.2, 0.25) is 0 Å². The molecule has 0 saturated heterocycles. The molecule has 2 aromatic carbocycles. The summed E-state index contributed by atoms with van der Waals surface area (Å²) in [6.07, 6.45) is 11.0. The lowest BCUT2D eigenvalue weighted by molar-refractivity contribution is 0.804. The molecular weight excluding hydrogens is 346 g/mol. The maximum atomic E-state index is 3.82. The number of thiophene rings is 1. The number of rotatable bonds is 3. The Morgan fingerprint density at radius 2 is 1.78 bits per heavy atom. The van der Waals surface area contributed by atoms with E-state index in [0.29, 0.717) is 12.0 Å². The number of nitrogens with zero attached hydrogens (tertiary/aromatic N) is 1. The molecular formula is C25H21NS. The molecule has 0 bridgehead atoms. The highest BCUT2D eigenvalue weighted by Crippen LogP contribution is 2.47. The Morgan fingerprint density at radius 1 is 1.00 bits per heavy atom. The number of hydrogen-bond donors (Lipinski definition) is 0. The lowest BCUT2D eigenvalue weighted by Crippen LogP contribution is -2.37. The summed E-state index contributed by atoms with van der Waals surface area (Å²) < 4.78 is 1.39. The van der Waals surface area contributed by atoms with Gasteiger partial charge in [0.15, 0.2) is 0 Å². The van der Waals surface area contributed by atoms with Crippen molar-refractivity contribution in [2.75, 3.05) is 4.90 Å². The van der Waals surface area contributed by atoms with Crippen molar-refractivity contribution in [1.29, 1.82) is 0 Å². The van der Waals surface area contributed by atoms with Gasteiger partial charge in [-0.05, 0) is 41.5 Å². The summed E-state index contributed by atoms with van der Waals surface area (Å²) in [5.41, 5.74) is 5.32. The molecule has 5 rings (SSSR count). The van der Waals surface area contributed by atoms with Crippen molar-refractivity contribution >= 4 is 40.9 Å². The van der Waals surface area contributed by atoms with Crippen LogP contribution < -0.4 is 14.7 Å². The molecule has 0 saturated carbocycles. The zero-order valence-corrected chi connectivity index (χ0v) is 16.1. The van der Waals surface area contributed by atoms with E-state index in [-0.39, 0.29) is 0 Å². The molecule has 2 heteroatoms. The summed E-state index contributed by atoms with van der Waals surface area (Å²) in [6, 6.07) is 19.9. The minimum Gasteiger partial charge on any atom is -0.333 e. The van der Waals surface area contributed by atoms with E-state index in [1.54, 1.807) is 0 Å². The van der Waals surface area contributed by atoms with E-state index in [0.717, 1.165) is 0 Å². The Hall–Kier alpha value is -2.84. The van der Waals surface area contributed by atoms with Crippen molar-refractivity contribution in [1.82, 2.24) is 0 Å². The molecule has 0 spiro atoms. The highest BCUT2D eigenvalue weighted by molar-refractivity contribution is 7.10. The van der Waals surface area contributed by atoms with Gasteiger partial charge in [-0.2, -0.15) is 0 Å². The molecule has 2 heterocycles. The summed E-state index contributed by atoms with van der Waals surface area (Å²) in [5.74, 6) is 0.392. The third kappa shape index (κ3) is 2.52. The molecule has 0 radical (unpaired) electrons. The van der Waals surface area contributed by atoms with Gasteiger partial charge < -0.3 is 4.90 Å². The number of para-hydroxylation sites is 2. The number of benzene rings is 2. The minimum atomic E-state index is 0.308. The van der Waals surface area contributed by atoms with Crippen LogP contribution in [0.15, 0.2) is 73.3 Å². The minimum absolute atomic E-state index is 0.308. The Balaban J connectivity index is 1.75. The highest BCUT2D eigenvalue weighted by Gasteiger charge is 2.38. The van der Waals surface area contributed by atoms with Crippen molar-refractivity contribution in [3.63, 3.8) is 0 Å². The molecule has 1 aliphatic carbocycles. The van der Waals surface area contributed by atoms with Crippen LogP contribution in [0.1, 0.15) is 21.9 Å². The molecule has 0 N–H and O–H groups in total. The molecule has 0 amide bonds. The number of hydrogen-bond acceptors (Lipinski definition) is 2. The molecule has 2 unspecified atom stereocenters. The van der Waals surface area contributed by atoms with Gasteiger partial charge in [-0.3, -0.25) is 0 Å². The van der Waals surface area contributed by atoms with Gasteiger partial charge >= 0.3 is 0 Å². The van der Waals surface area contributed by atoms with Crippen LogP contribution in [0.25, 0.3) is 18.2 Å². The topological polar surface area (TPSA) is 3.24 Å². The average Bonchev–Trinajstić information content (AvgIpc) is 3.18. The molecule has 1 aliphatic heterocycles. The Bertz CT molecular complexity index is 1170. The summed E-state index contributed by atoms with van der Waals surface area (Å²) >= 11 is 1.90. The normalized spacial score (nSPS) is 19.8. The van der Waals surface area contributed by atoms with Gasteiger partial charge in [-0.25, -0.2) is 0 Å². The quantitative estimate of drug-likeness (QED) is 0.580. The van der Waals surface area contributed by atoms with Crippen LogP contribution >= 0.6 is 11.3 Å². The van der Waals surface area contributed by atoms with Crippen LogP contribution in [0.4, 0.5) is 11.4 Å². The summed E-state index contributed by atoms with van der Waals surface area (Å²) in [4.78, 5) is 3.86. The first-order chi connectivity index (χ1) is 13.3. The van der Waals surface area contributed by atoms with E-state index in [2.05, 4.69) is 91.2 Å². The van der Waals surface area contributed by atoms with E-state index in [4.69, 9.17) is 0 Å². The molecule has 2 atom stereocenters. The second-order valence-electron chi connectivity index (χ2n) is 7.06. The zero-order valence-electron chi connectivity index (χ0n) is 15.3. The Labute approximate surface area is 163 Å². The monoisotopic (exact) mass is 367 g/mol. The van der Waals surface area contributed by atoms with Crippen LogP contribution in [-0.4, -0.2) is 6.04 Å². The molecule has 0 fully saturated rings. The number of fused-ring (bicyclic) bond motifs is 4. The molecule has 132 valence electrons. The molecule has 1 aromatic heterocycles. The van der Waals surface area contributed by atoms with E-state index in [9.17, 15) is 0 Å². The van der Waals surface area contributed by atoms with Gasteiger partial charge in [-0.15, -0.1) is 11.3 Å². The predicted octanol–water partition coefficient (Wildman–Crippen LogP) is 5.13. The molecule has 1 nitrogen and oxygen atoms in total. The van der Waals surface area contributed by atoms with Gasteiger partial charge in [0.2, 0.25) is 0 Å². The third-order valence-corrected chi connectivity index (χ3v) is 6.62. The van der Waals surface area contributed by atoms with Crippen LogP contribution in [-0.2, 0) is 0 Å². The smallest absolute Gasteiger partial charge is 0.0636 e. The van der Waals surface area contributed by atoms with Gasteiger partial charge in [0.1, 0.15) is 0 Å². The van der Waals surface area contributed by atoms with Crippen LogP contribution in [0.3, 0.4) is 0 Å². The first-order valence-corrected chi connectivity index (χ1v) is 10.1. The van der Waals surface area contributed by atoms with Gasteiger partial charge in [-0.1, -0.05) is 73.4 Å². The summed E-state index contributed by atoms with van der Waals surface area (Å²) in [5, 5.41) is 1.37. The fourth-order valence-electron chi connectivity index (χ4n) is 4.36. The van der Waals surface area contributed by atoms with Gasteiger partial charge in [0, 0.05) is 26.7 Å². The van der Waals surface area contributed by atoms with E-state index in [1.807, 2.05) is 23.5 Å². The van der Waals surface area contributed by atoms with Crippen molar-refractivity contribution in [2.45, 2.75) is 18.9 Å². The lowest BCUT2D eigenvalue weighted by Gasteiger charge is -2.28. The first-order valence-electron chi connectivity index (χ1n) is 9.33. The number of allylic oxidation sites excluding steroid dienone is 2. The number of anilines is 2. The van der Waals surface area contributed by atoms with Crippen LogP contribution in [0.5, 0.6) is 0 Å². The third-order valence-electron chi connectivity index (χ3n) is 5.52. The van der Waals surface area contributed by atoms with E-state index >= 15 is 0 Å². The Kier molecular flexibility index (Phi) is 3.87. The second kappa shape index (κ2) is 6.40. The standard InChI is InChI=1S/C25H21NS/c1-3-4-12-19-17(2)27-25-16-21-20-13-8-9-14-23(20)26(24(21)15-22(19)25)18-10-6-5-7-11-18/h3-16,21,24H,1H2,2H3/b12-4-. The fraction of sp³-hybridized carbons (Fsp3) is 0.120. The van der Waals surface area contributed by atoms with E-state index in [1.165, 1.54) is 37.1 Å². The zero-order chi connectivity index (χ0) is 18.4. The van der Waals surface area contributed by atoms with Crippen molar-refractivity contribution < 1.29 is 0 Å². The second-order valence-corrected chi connectivity index (χ2v) is 8.32. The largest absolute Gasteiger partial charge is 0.333 e. The van der Waals surface area contributed by atoms with Gasteiger partial charge in [0.25, 0.3) is 0 Å². The number of aryl methyl sites for hydroxylation is 1. The molecule has 27 heavy (non-hydrogen) atoms. The highest BCUT2D eigenvalue weighted by atomic mass is 32.1. The molecule has 2 aliphatic rings. The summed E-state index contributed by atoms with van der Waals surface area (Å²) in [7, 11) is 0. The maximum Gasteiger partial charge on any atom is 0.0636 e. The molecule has 3 aromatic rings. The maximum absolute atomic E-state index is 3.82. The fourth-order valence-corrected chi connectivity index (χ4v) is 5.48.